The van der Waals surface area contributed by atoms with Crippen molar-refractivity contribution in [1.82, 2.24) is 5.32 Å². The van der Waals surface area contributed by atoms with Crippen LogP contribution in [-0.2, 0) is 4.79 Å². The second kappa shape index (κ2) is 8.74. The van der Waals surface area contributed by atoms with Crippen LogP contribution in [-0.4, -0.2) is 17.2 Å². The number of hydrazone groups is 1. The molecule has 1 saturated carbocycles. The molecule has 166 valence electrons. The largest absolute Gasteiger partial charge is 0.345 e. The smallest absolute Gasteiger partial charge is 0.268 e. The molecule has 3 atom stereocenters. The molecule has 0 spiro atoms. The van der Waals surface area contributed by atoms with Gasteiger partial charge in [-0.2, -0.15) is 5.10 Å². The minimum absolute atomic E-state index is 0.0903. The highest BCUT2D eigenvalue weighted by molar-refractivity contribution is 6.40. The highest BCUT2D eigenvalue weighted by Gasteiger charge is 2.41. The second-order valence-corrected chi connectivity index (χ2v) is 10.3. The fraction of sp³-hybridized carbons (Fsp3) is 0.360. The standard InChI is InChI=1S/C25H24Cl3N3O/c26-18-7-5-17(6-8-18)23-14-21(30-31(23)22-10-9-19(27)13-20(22)28)24(32)29-25-11-1-3-16(15-25)4-2-12-25/h1,3,5-10,13,16,23H,2,4,11-12,14-15H2,(H,29,32)/t16?,23-,25?/m0/s1. The van der Waals surface area contributed by atoms with Gasteiger partial charge in [0.25, 0.3) is 5.91 Å². The molecule has 2 unspecified atom stereocenters. The van der Waals surface area contributed by atoms with Crippen LogP contribution in [0.4, 0.5) is 5.69 Å². The summed E-state index contributed by atoms with van der Waals surface area (Å²) in [7, 11) is 0. The van der Waals surface area contributed by atoms with Crippen LogP contribution in [0.1, 0.15) is 50.1 Å². The summed E-state index contributed by atoms with van der Waals surface area (Å²) in [5.41, 5.74) is 2.10. The Morgan fingerprint density at radius 1 is 1.09 bits per heavy atom. The van der Waals surface area contributed by atoms with Crippen molar-refractivity contribution in [2.24, 2.45) is 11.0 Å². The highest BCUT2D eigenvalue weighted by atomic mass is 35.5. The Labute approximate surface area is 203 Å². The maximum Gasteiger partial charge on any atom is 0.268 e. The van der Waals surface area contributed by atoms with Crippen molar-refractivity contribution in [2.45, 2.75) is 50.1 Å². The van der Waals surface area contributed by atoms with E-state index in [-0.39, 0.29) is 17.5 Å². The number of amides is 1. The maximum absolute atomic E-state index is 13.4. The van der Waals surface area contributed by atoms with Gasteiger partial charge in [0.2, 0.25) is 0 Å². The van der Waals surface area contributed by atoms with Crippen LogP contribution in [0.2, 0.25) is 15.1 Å². The molecule has 2 bridgehead atoms. The Kier molecular flexibility index (Phi) is 5.96. The maximum atomic E-state index is 13.4. The molecular formula is C25H24Cl3N3O. The molecule has 2 aromatic carbocycles. The van der Waals surface area contributed by atoms with Crippen LogP contribution in [0.3, 0.4) is 0 Å². The van der Waals surface area contributed by atoms with Gasteiger partial charge in [-0.3, -0.25) is 9.80 Å². The quantitative estimate of drug-likeness (QED) is 0.473. The molecule has 1 amide bonds. The number of rotatable bonds is 4. The molecule has 0 radical (unpaired) electrons. The van der Waals surface area contributed by atoms with E-state index in [9.17, 15) is 4.79 Å². The Bertz CT molecular complexity index is 1100. The van der Waals surface area contributed by atoms with Crippen LogP contribution in [0.25, 0.3) is 0 Å². The zero-order valence-corrected chi connectivity index (χ0v) is 19.8. The van der Waals surface area contributed by atoms with Crippen LogP contribution >= 0.6 is 34.8 Å². The lowest BCUT2D eigenvalue weighted by Gasteiger charge is -2.43. The molecule has 1 N–H and O–H groups in total. The number of anilines is 1. The van der Waals surface area contributed by atoms with Crippen LogP contribution < -0.4 is 10.3 Å². The van der Waals surface area contributed by atoms with E-state index in [1.165, 1.54) is 6.42 Å². The molecule has 2 aliphatic carbocycles. The van der Waals surface area contributed by atoms with E-state index in [1.54, 1.807) is 12.1 Å². The molecule has 1 heterocycles. The lowest BCUT2D eigenvalue weighted by Crippen LogP contribution is -2.53. The third-order valence-corrected chi connectivity index (χ3v) is 7.55. The first-order valence-electron chi connectivity index (χ1n) is 11.0. The molecule has 5 rings (SSSR count). The fourth-order valence-electron chi connectivity index (χ4n) is 5.20. The molecule has 32 heavy (non-hydrogen) atoms. The van der Waals surface area contributed by atoms with Gasteiger partial charge in [-0.15, -0.1) is 0 Å². The first kappa shape index (κ1) is 21.8. The minimum atomic E-state index is -0.158. The lowest BCUT2D eigenvalue weighted by atomic mass is 9.70. The number of carbonyl (C=O) groups is 1. The number of halogens is 3. The van der Waals surface area contributed by atoms with E-state index >= 15 is 0 Å². The molecular weight excluding hydrogens is 465 g/mol. The topological polar surface area (TPSA) is 44.7 Å². The molecule has 4 nitrogen and oxygen atoms in total. The van der Waals surface area contributed by atoms with E-state index in [4.69, 9.17) is 39.9 Å². The summed E-state index contributed by atoms with van der Waals surface area (Å²) in [4.78, 5) is 13.4. The third kappa shape index (κ3) is 4.28. The molecule has 1 aliphatic heterocycles. The highest BCUT2D eigenvalue weighted by Crippen LogP contribution is 2.42. The van der Waals surface area contributed by atoms with Gasteiger partial charge in [-0.1, -0.05) is 65.5 Å². The molecule has 7 heteroatoms. The molecule has 1 fully saturated rings. The fourth-order valence-corrected chi connectivity index (χ4v) is 5.82. The first-order chi connectivity index (χ1) is 15.4. The number of hydrogen-bond donors (Lipinski definition) is 1. The molecule has 2 aromatic rings. The Balaban J connectivity index is 1.45. The number of allylic oxidation sites excluding steroid dienone is 1. The molecule has 3 aliphatic rings. The second-order valence-electron chi connectivity index (χ2n) is 8.98. The SMILES string of the molecule is O=C(NC12CC=CC(CCC1)C2)C1=NN(c2ccc(Cl)cc2Cl)[C@H](c2ccc(Cl)cc2)C1. The summed E-state index contributed by atoms with van der Waals surface area (Å²) >= 11 is 18.7. The van der Waals surface area contributed by atoms with Gasteiger partial charge in [0.15, 0.2) is 0 Å². The van der Waals surface area contributed by atoms with E-state index in [2.05, 4.69) is 17.5 Å². The van der Waals surface area contributed by atoms with Crippen LogP contribution in [0.15, 0.2) is 59.7 Å². The molecule has 0 aromatic heterocycles. The number of carbonyl (C=O) groups excluding carboxylic acids is 1. The Morgan fingerprint density at radius 3 is 2.66 bits per heavy atom. The van der Waals surface area contributed by atoms with Crippen molar-refractivity contribution in [2.75, 3.05) is 5.01 Å². The first-order valence-corrected chi connectivity index (χ1v) is 12.1. The number of fused-ring (bicyclic) bond motifs is 2. The average Bonchev–Trinajstić information content (AvgIpc) is 3.19. The van der Waals surface area contributed by atoms with Crippen molar-refractivity contribution >= 4 is 52.1 Å². The summed E-state index contributed by atoms with van der Waals surface area (Å²) in [6.45, 7) is 0. The van der Waals surface area contributed by atoms with Gasteiger partial charge in [0.05, 0.1) is 16.8 Å². The van der Waals surface area contributed by atoms with Gasteiger partial charge in [0, 0.05) is 22.0 Å². The summed E-state index contributed by atoms with van der Waals surface area (Å²) in [6.07, 6.45) is 10.3. The van der Waals surface area contributed by atoms with E-state index < -0.39 is 0 Å². The van der Waals surface area contributed by atoms with Gasteiger partial charge in [-0.25, -0.2) is 0 Å². The zero-order chi connectivity index (χ0) is 22.3. The van der Waals surface area contributed by atoms with Gasteiger partial charge in [-0.05, 0) is 67.5 Å². The van der Waals surface area contributed by atoms with Crippen LogP contribution in [0, 0.1) is 5.92 Å². The number of hydrogen-bond acceptors (Lipinski definition) is 3. The van der Waals surface area contributed by atoms with Crippen molar-refractivity contribution in [3.8, 4) is 0 Å². The summed E-state index contributed by atoms with van der Waals surface area (Å²) in [6, 6.07) is 12.8. The number of nitrogens with zero attached hydrogens (tertiary/aromatic N) is 2. The third-order valence-electron chi connectivity index (χ3n) is 6.76. The summed E-state index contributed by atoms with van der Waals surface area (Å²) in [5.74, 6) is 0.474. The normalized spacial score (nSPS) is 26.7. The van der Waals surface area contributed by atoms with Gasteiger partial charge < -0.3 is 5.32 Å². The monoisotopic (exact) mass is 487 g/mol. The minimum Gasteiger partial charge on any atom is -0.345 e. The predicted molar refractivity (Wildman–Crippen MR) is 132 cm³/mol. The lowest BCUT2D eigenvalue weighted by molar-refractivity contribution is -0.117. The Hall–Kier alpha value is -2.01. The van der Waals surface area contributed by atoms with Crippen molar-refractivity contribution in [3.05, 3.63) is 75.2 Å². The predicted octanol–water partition coefficient (Wildman–Crippen LogP) is 6.96. The van der Waals surface area contributed by atoms with Crippen molar-refractivity contribution in [3.63, 3.8) is 0 Å². The Morgan fingerprint density at radius 2 is 1.88 bits per heavy atom. The molecule has 0 saturated heterocycles. The van der Waals surface area contributed by atoms with Crippen molar-refractivity contribution < 1.29 is 4.79 Å². The number of nitrogens with one attached hydrogen (secondary N) is 1. The number of benzene rings is 2. The zero-order valence-electron chi connectivity index (χ0n) is 17.5. The van der Waals surface area contributed by atoms with E-state index in [1.807, 2.05) is 35.3 Å². The summed E-state index contributed by atoms with van der Waals surface area (Å²) in [5, 5.41) is 11.7. The van der Waals surface area contributed by atoms with Gasteiger partial charge >= 0.3 is 0 Å². The average molecular weight is 489 g/mol. The van der Waals surface area contributed by atoms with E-state index in [0.29, 0.717) is 33.1 Å². The van der Waals surface area contributed by atoms with E-state index in [0.717, 1.165) is 36.9 Å². The van der Waals surface area contributed by atoms with Gasteiger partial charge in [0.1, 0.15) is 5.71 Å². The van der Waals surface area contributed by atoms with Crippen LogP contribution in [0.5, 0.6) is 0 Å². The summed E-state index contributed by atoms with van der Waals surface area (Å²) < 4.78 is 0. The van der Waals surface area contributed by atoms with Crippen molar-refractivity contribution in [1.29, 1.82) is 0 Å².